The second kappa shape index (κ2) is 7.33. The van der Waals surface area contributed by atoms with E-state index in [0.717, 1.165) is 5.56 Å². The van der Waals surface area contributed by atoms with Crippen molar-refractivity contribution in [1.82, 2.24) is 10.3 Å². The maximum Gasteiger partial charge on any atom is 0.151 e. The van der Waals surface area contributed by atoms with Gasteiger partial charge in [-0.15, -0.1) is 0 Å². The molecule has 0 aromatic carbocycles. The Morgan fingerprint density at radius 3 is 3.12 bits per heavy atom. The Hall–Kier alpha value is -0.970. The number of ketones is 1. The molecule has 0 amide bonds. The highest BCUT2D eigenvalue weighted by Gasteiger charge is 2.06. The van der Waals surface area contributed by atoms with Crippen molar-refractivity contribution in [3.05, 3.63) is 29.0 Å². The number of halogens is 1. The summed E-state index contributed by atoms with van der Waals surface area (Å²) in [7, 11) is 1.63. The van der Waals surface area contributed by atoms with Crippen molar-refractivity contribution < 1.29 is 9.53 Å². The van der Waals surface area contributed by atoms with Gasteiger partial charge in [-0.1, -0.05) is 11.6 Å². The quantitative estimate of drug-likeness (QED) is 0.727. The normalized spacial score (nSPS) is 10.4. The molecule has 1 heterocycles. The second-order valence-corrected chi connectivity index (χ2v) is 3.76. The molecule has 16 heavy (non-hydrogen) atoms. The SMILES string of the molecule is COCCNCC(=O)Cc1ccncc1Cl. The molecule has 0 fully saturated rings. The third-order valence-corrected chi connectivity index (χ3v) is 2.39. The van der Waals surface area contributed by atoms with Gasteiger partial charge in [-0.2, -0.15) is 0 Å². The van der Waals surface area contributed by atoms with Crippen molar-refractivity contribution >= 4 is 17.4 Å². The number of hydrogen-bond acceptors (Lipinski definition) is 4. The number of pyridine rings is 1. The Bertz CT molecular complexity index is 345. The van der Waals surface area contributed by atoms with Gasteiger partial charge < -0.3 is 10.1 Å². The van der Waals surface area contributed by atoms with Crippen LogP contribution in [-0.2, 0) is 16.0 Å². The largest absolute Gasteiger partial charge is 0.383 e. The summed E-state index contributed by atoms with van der Waals surface area (Å²) in [6, 6.07) is 1.76. The molecule has 1 N–H and O–H groups in total. The summed E-state index contributed by atoms with van der Waals surface area (Å²) in [6.07, 6.45) is 3.51. The molecule has 0 aliphatic heterocycles. The molecule has 0 aliphatic rings. The van der Waals surface area contributed by atoms with E-state index in [2.05, 4.69) is 10.3 Å². The zero-order valence-corrected chi connectivity index (χ0v) is 9.96. The van der Waals surface area contributed by atoms with Gasteiger partial charge in [0.15, 0.2) is 5.78 Å². The number of carbonyl (C=O) groups excluding carboxylic acids is 1. The lowest BCUT2D eigenvalue weighted by molar-refractivity contribution is -0.117. The second-order valence-electron chi connectivity index (χ2n) is 3.35. The first-order chi connectivity index (χ1) is 7.74. The Kier molecular flexibility index (Phi) is 6.00. The molecule has 5 heteroatoms. The fourth-order valence-corrected chi connectivity index (χ4v) is 1.41. The molecule has 0 saturated heterocycles. The van der Waals surface area contributed by atoms with E-state index in [1.54, 1.807) is 25.6 Å². The standard InChI is InChI=1S/C11H15ClN2O2/c1-16-5-4-14-7-10(15)6-9-2-3-13-8-11(9)12/h2-3,8,14H,4-7H2,1H3. The third kappa shape index (κ3) is 4.70. The average molecular weight is 243 g/mol. The van der Waals surface area contributed by atoms with Gasteiger partial charge in [0.05, 0.1) is 18.2 Å². The number of nitrogens with zero attached hydrogens (tertiary/aromatic N) is 1. The summed E-state index contributed by atoms with van der Waals surface area (Å²) in [5.74, 6) is 0.101. The van der Waals surface area contributed by atoms with Crippen LogP contribution >= 0.6 is 11.6 Å². The van der Waals surface area contributed by atoms with E-state index >= 15 is 0 Å². The van der Waals surface area contributed by atoms with E-state index in [1.165, 1.54) is 0 Å². The fourth-order valence-electron chi connectivity index (χ4n) is 1.22. The Morgan fingerprint density at radius 1 is 1.62 bits per heavy atom. The molecule has 0 aliphatic carbocycles. The fraction of sp³-hybridized carbons (Fsp3) is 0.455. The van der Waals surface area contributed by atoms with Gasteiger partial charge in [0.1, 0.15) is 0 Å². The van der Waals surface area contributed by atoms with Crippen molar-refractivity contribution in [3.63, 3.8) is 0 Å². The molecule has 1 aromatic rings. The first-order valence-corrected chi connectivity index (χ1v) is 5.41. The summed E-state index contributed by atoms with van der Waals surface area (Å²) >= 11 is 5.90. The van der Waals surface area contributed by atoms with Crippen molar-refractivity contribution in [2.75, 3.05) is 26.8 Å². The van der Waals surface area contributed by atoms with Gasteiger partial charge in [-0.3, -0.25) is 9.78 Å². The van der Waals surface area contributed by atoms with Crippen LogP contribution in [0.15, 0.2) is 18.5 Å². The molecule has 0 spiro atoms. The molecule has 0 unspecified atom stereocenters. The van der Waals surface area contributed by atoms with E-state index in [9.17, 15) is 4.79 Å². The van der Waals surface area contributed by atoms with E-state index < -0.39 is 0 Å². The van der Waals surface area contributed by atoms with Crippen molar-refractivity contribution in [2.24, 2.45) is 0 Å². The maximum atomic E-state index is 11.5. The number of rotatable bonds is 7. The lowest BCUT2D eigenvalue weighted by Crippen LogP contribution is -2.27. The smallest absolute Gasteiger partial charge is 0.151 e. The Morgan fingerprint density at radius 2 is 2.44 bits per heavy atom. The predicted molar refractivity (Wildman–Crippen MR) is 62.7 cm³/mol. The molecular weight excluding hydrogens is 228 g/mol. The zero-order valence-electron chi connectivity index (χ0n) is 9.20. The van der Waals surface area contributed by atoms with Crippen LogP contribution in [0.4, 0.5) is 0 Å². The highest BCUT2D eigenvalue weighted by atomic mass is 35.5. The van der Waals surface area contributed by atoms with Gasteiger partial charge in [0.2, 0.25) is 0 Å². The van der Waals surface area contributed by atoms with Crippen LogP contribution in [0.1, 0.15) is 5.56 Å². The number of aromatic nitrogens is 1. The monoisotopic (exact) mass is 242 g/mol. The van der Waals surface area contributed by atoms with E-state index in [0.29, 0.717) is 31.1 Å². The van der Waals surface area contributed by atoms with Gasteiger partial charge in [-0.05, 0) is 11.6 Å². The van der Waals surface area contributed by atoms with Crippen LogP contribution in [0.5, 0.6) is 0 Å². The van der Waals surface area contributed by atoms with Crippen LogP contribution in [0.25, 0.3) is 0 Å². The van der Waals surface area contributed by atoms with Gasteiger partial charge in [0.25, 0.3) is 0 Å². The lowest BCUT2D eigenvalue weighted by atomic mass is 10.1. The molecule has 0 saturated carbocycles. The number of methoxy groups -OCH3 is 1. The molecule has 0 bridgehead atoms. The Balaban J connectivity index is 2.32. The van der Waals surface area contributed by atoms with Gasteiger partial charge >= 0.3 is 0 Å². The van der Waals surface area contributed by atoms with Crippen LogP contribution in [-0.4, -0.2) is 37.6 Å². The van der Waals surface area contributed by atoms with Gasteiger partial charge in [0, 0.05) is 32.5 Å². The van der Waals surface area contributed by atoms with Crippen LogP contribution in [0, 0.1) is 0 Å². The zero-order chi connectivity index (χ0) is 11.8. The molecule has 4 nitrogen and oxygen atoms in total. The minimum absolute atomic E-state index is 0.101. The topological polar surface area (TPSA) is 51.2 Å². The first kappa shape index (κ1) is 13.1. The third-order valence-electron chi connectivity index (χ3n) is 2.05. The van der Waals surface area contributed by atoms with E-state index in [1.807, 2.05) is 0 Å². The van der Waals surface area contributed by atoms with Crippen molar-refractivity contribution in [3.8, 4) is 0 Å². The minimum Gasteiger partial charge on any atom is -0.383 e. The molecular formula is C11H15ClN2O2. The molecule has 1 rings (SSSR count). The van der Waals surface area contributed by atoms with Gasteiger partial charge in [-0.25, -0.2) is 0 Å². The number of ether oxygens (including phenoxy) is 1. The average Bonchev–Trinajstić information content (AvgIpc) is 2.28. The number of Topliss-reactive ketones (excluding diaryl/α,β-unsaturated/α-hetero) is 1. The highest BCUT2D eigenvalue weighted by Crippen LogP contribution is 2.13. The molecule has 1 aromatic heterocycles. The summed E-state index contributed by atoms with van der Waals surface area (Å²) < 4.78 is 4.86. The summed E-state index contributed by atoms with van der Waals surface area (Å²) in [4.78, 5) is 15.4. The highest BCUT2D eigenvalue weighted by molar-refractivity contribution is 6.31. The molecule has 0 atom stereocenters. The van der Waals surface area contributed by atoms with Crippen LogP contribution < -0.4 is 5.32 Å². The van der Waals surface area contributed by atoms with Crippen molar-refractivity contribution in [2.45, 2.75) is 6.42 Å². The number of nitrogens with one attached hydrogen (secondary N) is 1. The van der Waals surface area contributed by atoms with Crippen molar-refractivity contribution in [1.29, 1.82) is 0 Å². The maximum absolute atomic E-state index is 11.5. The summed E-state index contributed by atoms with van der Waals surface area (Å²) in [5, 5.41) is 3.53. The number of carbonyl (C=O) groups is 1. The molecule has 0 radical (unpaired) electrons. The Labute approximate surface area is 100.0 Å². The minimum atomic E-state index is 0.101. The lowest BCUT2D eigenvalue weighted by Gasteiger charge is -2.04. The predicted octanol–water partition coefficient (Wildman–Crippen LogP) is 1.08. The van der Waals surface area contributed by atoms with Crippen LogP contribution in [0.3, 0.4) is 0 Å². The number of hydrogen-bond donors (Lipinski definition) is 1. The summed E-state index contributed by atoms with van der Waals surface area (Å²) in [6.45, 7) is 1.61. The summed E-state index contributed by atoms with van der Waals surface area (Å²) in [5.41, 5.74) is 0.815. The molecule has 88 valence electrons. The first-order valence-electron chi connectivity index (χ1n) is 5.03. The van der Waals surface area contributed by atoms with E-state index in [-0.39, 0.29) is 5.78 Å². The van der Waals surface area contributed by atoms with Crippen LogP contribution in [0.2, 0.25) is 5.02 Å². The van der Waals surface area contributed by atoms with E-state index in [4.69, 9.17) is 16.3 Å².